The molecule has 2 heterocycles. The number of esters is 1. The Bertz CT molecular complexity index is 1240. The highest BCUT2D eigenvalue weighted by Gasteiger charge is 2.26. The molecule has 186 valence electrons. The van der Waals surface area contributed by atoms with Gasteiger partial charge in [0.1, 0.15) is 5.69 Å². The van der Waals surface area contributed by atoms with E-state index in [0.717, 1.165) is 26.2 Å². The molecular weight excluding hydrogens is 448 g/mol. The lowest BCUT2D eigenvalue weighted by Gasteiger charge is -2.34. The van der Waals surface area contributed by atoms with Crippen molar-refractivity contribution in [1.29, 1.82) is 0 Å². The van der Waals surface area contributed by atoms with Crippen LogP contribution in [0.2, 0.25) is 0 Å². The molecule has 1 fully saturated rings. The normalized spacial score (nSPS) is 14.1. The molecule has 3 N–H and O–H groups in total. The van der Waals surface area contributed by atoms with Gasteiger partial charge in [-0.25, -0.2) is 4.79 Å². The molecule has 3 aromatic rings. The van der Waals surface area contributed by atoms with Crippen molar-refractivity contribution in [1.82, 2.24) is 4.98 Å². The molecule has 0 aliphatic carbocycles. The van der Waals surface area contributed by atoms with Gasteiger partial charge >= 0.3 is 5.97 Å². The monoisotopic (exact) mass is 481 g/mol. The molecule has 0 atom stereocenters. The fraction of sp³-hybridized carbons (Fsp3) is 0.385. The van der Waals surface area contributed by atoms with Gasteiger partial charge in [-0.3, -0.25) is 4.79 Å². The van der Waals surface area contributed by atoms with Crippen molar-refractivity contribution in [2.75, 3.05) is 64.3 Å². The Morgan fingerprint density at radius 1 is 1.06 bits per heavy atom. The van der Waals surface area contributed by atoms with Crippen molar-refractivity contribution >= 4 is 34.2 Å². The van der Waals surface area contributed by atoms with Crippen LogP contribution < -0.4 is 24.6 Å². The lowest BCUT2D eigenvalue weighted by molar-refractivity contribution is -0.892. The summed E-state index contributed by atoms with van der Waals surface area (Å²) in [5.41, 5.74) is 5.04. The number of quaternary nitrogens is 1. The summed E-state index contributed by atoms with van der Waals surface area (Å²) < 4.78 is 15.7. The molecule has 1 aliphatic rings. The lowest BCUT2D eigenvalue weighted by Crippen LogP contribution is -3.15. The molecule has 0 bridgehead atoms. The number of carbonyl (C=O) groups excluding carboxylic acids is 2. The van der Waals surface area contributed by atoms with Crippen LogP contribution in [0, 0.1) is 13.8 Å². The van der Waals surface area contributed by atoms with Crippen molar-refractivity contribution in [3.63, 3.8) is 0 Å². The van der Waals surface area contributed by atoms with Gasteiger partial charge in [-0.05, 0) is 37.1 Å². The van der Waals surface area contributed by atoms with Crippen LogP contribution in [0.1, 0.15) is 21.6 Å². The summed E-state index contributed by atoms with van der Waals surface area (Å²) >= 11 is 0. The summed E-state index contributed by atoms with van der Waals surface area (Å²) in [6.07, 6.45) is 0. The Kier molecular flexibility index (Phi) is 7.16. The summed E-state index contributed by atoms with van der Waals surface area (Å²) in [4.78, 5) is 32.1. The fourth-order valence-corrected chi connectivity index (χ4v) is 4.64. The minimum Gasteiger partial charge on any atom is -0.493 e. The number of hydrogen-bond donors (Lipinski definition) is 3. The van der Waals surface area contributed by atoms with E-state index in [4.69, 9.17) is 14.2 Å². The number of piperazine rings is 1. The molecule has 9 nitrogen and oxygen atoms in total. The van der Waals surface area contributed by atoms with E-state index in [1.165, 1.54) is 35.9 Å². The molecule has 9 heteroatoms. The zero-order chi connectivity index (χ0) is 25.1. The molecule has 4 rings (SSSR count). The molecule has 35 heavy (non-hydrogen) atoms. The summed E-state index contributed by atoms with van der Waals surface area (Å²) in [7, 11) is 4.39. The number of aromatic nitrogens is 1. The minimum atomic E-state index is -0.566. The van der Waals surface area contributed by atoms with Crippen LogP contribution in [0.5, 0.6) is 11.5 Å². The van der Waals surface area contributed by atoms with Gasteiger partial charge in [0.05, 0.1) is 58.7 Å². The number of aromatic amines is 1. The molecule has 0 saturated carbocycles. The molecule has 1 amide bonds. The lowest BCUT2D eigenvalue weighted by atomic mass is 10.1. The van der Waals surface area contributed by atoms with Crippen LogP contribution in [-0.4, -0.2) is 70.9 Å². The highest BCUT2D eigenvalue weighted by atomic mass is 16.5. The van der Waals surface area contributed by atoms with Crippen LogP contribution in [0.25, 0.3) is 10.9 Å². The van der Waals surface area contributed by atoms with Gasteiger partial charge < -0.3 is 34.3 Å². The maximum atomic E-state index is 13.0. The molecular formula is C26H33N4O5+. The second-order valence-electron chi connectivity index (χ2n) is 8.80. The molecule has 1 aromatic heterocycles. The molecule has 1 saturated heterocycles. The first kappa shape index (κ1) is 24.4. The van der Waals surface area contributed by atoms with Crippen molar-refractivity contribution in [3.05, 3.63) is 47.2 Å². The van der Waals surface area contributed by atoms with Gasteiger partial charge in [0.2, 0.25) is 0 Å². The molecule has 0 radical (unpaired) electrons. The molecule has 0 unspecified atom stereocenters. The van der Waals surface area contributed by atoms with E-state index in [1.54, 1.807) is 19.2 Å². The Morgan fingerprint density at radius 3 is 2.40 bits per heavy atom. The first-order chi connectivity index (χ1) is 16.9. The SMILES string of the molecule is COC(=O)c1[nH]c2cc(OC)c(OC)cc2c1NC(=O)C[NH+]1CCN(c2cccc(C)c2C)CC1. The number of aryl methyl sites for hydroxylation is 1. The molecule has 0 spiro atoms. The Morgan fingerprint density at radius 2 is 1.74 bits per heavy atom. The van der Waals surface area contributed by atoms with E-state index in [-0.39, 0.29) is 11.6 Å². The van der Waals surface area contributed by atoms with Crippen molar-refractivity contribution in [2.45, 2.75) is 13.8 Å². The van der Waals surface area contributed by atoms with Gasteiger partial charge in [0, 0.05) is 17.1 Å². The number of ether oxygens (including phenoxy) is 3. The summed E-state index contributed by atoms with van der Waals surface area (Å²) in [5, 5.41) is 3.59. The van der Waals surface area contributed by atoms with Crippen LogP contribution >= 0.6 is 0 Å². The number of benzene rings is 2. The topological polar surface area (TPSA) is 97.3 Å². The van der Waals surface area contributed by atoms with Crippen LogP contribution in [0.4, 0.5) is 11.4 Å². The van der Waals surface area contributed by atoms with Gasteiger partial charge in [0.15, 0.2) is 18.0 Å². The highest BCUT2D eigenvalue weighted by Crippen LogP contribution is 2.37. The van der Waals surface area contributed by atoms with Crippen LogP contribution in [-0.2, 0) is 9.53 Å². The van der Waals surface area contributed by atoms with E-state index in [1.807, 2.05) is 0 Å². The van der Waals surface area contributed by atoms with Crippen molar-refractivity contribution < 1.29 is 28.7 Å². The number of H-pyrrole nitrogens is 1. The summed E-state index contributed by atoms with van der Waals surface area (Å²) in [6.45, 7) is 8.05. The third-order valence-electron chi connectivity index (χ3n) is 6.75. The van der Waals surface area contributed by atoms with Crippen molar-refractivity contribution in [3.8, 4) is 11.5 Å². The van der Waals surface area contributed by atoms with E-state index in [2.05, 4.69) is 47.2 Å². The first-order valence-electron chi connectivity index (χ1n) is 11.7. The largest absolute Gasteiger partial charge is 0.493 e. The minimum absolute atomic E-state index is 0.166. The average Bonchev–Trinajstić information content (AvgIpc) is 3.21. The van der Waals surface area contributed by atoms with Crippen LogP contribution in [0.3, 0.4) is 0 Å². The predicted octanol–water partition coefficient (Wildman–Crippen LogP) is 1.93. The van der Waals surface area contributed by atoms with Gasteiger partial charge in [0.25, 0.3) is 5.91 Å². The number of fused-ring (bicyclic) bond motifs is 1. The molecule has 1 aliphatic heterocycles. The van der Waals surface area contributed by atoms with Crippen molar-refractivity contribution in [2.24, 2.45) is 0 Å². The predicted molar refractivity (Wildman–Crippen MR) is 135 cm³/mol. The first-order valence-corrected chi connectivity index (χ1v) is 11.7. The third-order valence-corrected chi connectivity index (χ3v) is 6.75. The Balaban J connectivity index is 1.49. The summed E-state index contributed by atoms with van der Waals surface area (Å²) in [5.74, 6) is 0.283. The van der Waals surface area contributed by atoms with Gasteiger partial charge in [-0.15, -0.1) is 0 Å². The quantitative estimate of drug-likeness (QED) is 0.446. The average molecular weight is 482 g/mol. The number of rotatable bonds is 7. The maximum absolute atomic E-state index is 13.0. The third kappa shape index (κ3) is 4.90. The Labute approximate surface area is 204 Å². The zero-order valence-electron chi connectivity index (χ0n) is 20.9. The number of amides is 1. The number of methoxy groups -OCH3 is 3. The van der Waals surface area contributed by atoms with Gasteiger partial charge in [-0.2, -0.15) is 0 Å². The number of hydrogen-bond acceptors (Lipinski definition) is 6. The second-order valence-corrected chi connectivity index (χ2v) is 8.80. The second kappa shape index (κ2) is 10.3. The van der Waals surface area contributed by atoms with Crippen LogP contribution in [0.15, 0.2) is 30.3 Å². The maximum Gasteiger partial charge on any atom is 0.356 e. The van der Waals surface area contributed by atoms with E-state index in [9.17, 15) is 9.59 Å². The summed E-state index contributed by atoms with van der Waals surface area (Å²) in [6, 6.07) is 9.85. The van der Waals surface area contributed by atoms with E-state index < -0.39 is 5.97 Å². The standard InChI is InChI=1S/C26H32N4O5/c1-16-7-6-8-20(17(16)2)30-11-9-29(10-12-30)15-23(31)28-24-18-13-21(33-3)22(34-4)14-19(18)27-25(24)26(32)35-5/h6-8,13-14,27H,9-12,15H2,1-5H3,(H,28,31)/p+1. The smallest absolute Gasteiger partial charge is 0.356 e. The molecule has 2 aromatic carbocycles. The number of nitrogens with zero attached hydrogens (tertiary/aromatic N) is 1. The fourth-order valence-electron chi connectivity index (χ4n) is 4.64. The zero-order valence-corrected chi connectivity index (χ0v) is 20.9. The van der Waals surface area contributed by atoms with E-state index in [0.29, 0.717) is 34.6 Å². The number of carbonyl (C=O) groups is 2. The Hall–Kier alpha value is -3.72. The highest BCUT2D eigenvalue weighted by molar-refractivity contribution is 6.11. The van der Waals surface area contributed by atoms with E-state index >= 15 is 0 Å². The number of anilines is 2. The van der Waals surface area contributed by atoms with Gasteiger partial charge in [-0.1, -0.05) is 12.1 Å². The number of nitrogens with one attached hydrogen (secondary N) is 3.